The van der Waals surface area contributed by atoms with Gasteiger partial charge < -0.3 is 15.5 Å². The lowest BCUT2D eigenvalue weighted by Crippen LogP contribution is -2.48. The van der Waals surface area contributed by atoms with Crippen molar-refractivity contribution in [1.29, 1.82) is 5.26 Å². The number of nitriles is 1. The van der Waals surface area contributed by atoms with E-state index in [2.05, 4.69) is 28.6 Å². The summed E-state index contributed by atoms with van der Waals surface area (Å²) in [4.78, 5) is 30.8. The quantitative estimate of drug-likeness (QED) is 0.834. The summed E-state index contributed by atoms with van der Waals surface area (Å²) in [5, 5.41) is 15.2. The lowest BCUT2D eigenvalue weighted by atomic mass is 9.82. The summed E-state index contributed by atoms with van der Waals surface area (Å²) >= 11 is 0. The van der Waals surface area contributed by atoms with Crippen LogP contribution in [-0.4, -0.2) is 29.4 Å². The Hall–Kier alpha value is -3.40. The Bertz CT molecular complexity index is 964. The number of aromatic nitrogens is 1. The van der Waals surface area contributed by atoms with Crippen molar-refractivity contribution in [3.8, 4) is 6.07 Å². The minimum atomic E-state index is -0.148. The van der Waals surface area contributed by atoms with E-state index in [0.29, 0.717) is 23.5 Å². The molecule has 150 valence electrons. The molecule has 2 amide bonds. The normalized spacial score (nSPS) is 20.4. The molecule has 2 aromatic rings. The highest BCUT2D eigenvalue weighted by Gasteiger charge is 2.38. The van der Waals surface area contributed by atoms with Gasteiger partial charge in [0.15, 0.2) is 0 Å². The molecule has 1 aliphatic heterocycles. The number of fused-ring (bicyclic) bond motifs is 1. The van der Waals surface area contributed by atoms with Gasteiger partial charge in [0, 0.05) is 42.9 Å². The summed E-state index contributed by atoms with van der Waals surface area (Å²) in [6.07, 6.45) is 1.52. The van der Waals surface area contributed by atoms with Gasteiger partial charge in [-0.05, 0) is 49.7 Å². The molecule has 7 nitrogen and oxygen atoms in total. The number of benzene rings is 1. The van der Waals surface area contributed by atoms with Crippen molar-refractivity contribution in [2.24, 2.45) is 5.92 Å². The number of carbonyl (C=O) groups excluding carboxylic acids is 2. The third-order valence-corrected chi connectivity index (χ3v) is 5.45. The fraction of sp³-hybridized carbons (Fsp3) is 0.364. The van der Waals surface area contributed by atoms with E-state index in [1.54, 1.807) is 30.0 Å². The highest BCUT2D eigenvalue weighted by molar-refractivity contribution is 5.97. The Morgan fingerprint density at radius 2 is 2.00 bits per heavy atom. The van der Waals surface area contributed by atoms with Crippen LogP contribution in [0.2, 0.25) is 0 Å². The molecule has 0 fully saturated rings. The zero-order chi connectivity index (χ0) is 21.1. The monoisotopic (exact) mass is 391 g/mol. The van der Waals surface area contributed by atoms with E-state index in [0.717, 1.165) is 11.3 Å². The van der Waals surface area contributed by atoms with Crippen molar-refractivity contribution in [2.75, 3.05) is 16.8 Å². The third-order valence-electron chi connectivity index (χ3n) is 5.45. The molecule has 1 aromatic carbocycles. The Morgan fingerprint density at radius 1 is 1.24 bits per heavy atom. The van der Waals surface area contributed by atoms with E-state index < -0.39 is 0 Å². The number of anilines is 2. The number of amides is 2. The van der Waals surface area contributed by atoms with Gasteiger partial charge in [0.25, 0.3) is 5.91 Å². The van der Waals surface area contributed by atoms with E-state index in [1.807, 2.05) is 26.0 Å². The highest BCUT2D eigenvalue weighted by Crippen LogP contribution is 2.42. The molecule has 29 heavy (non-hydrogen) atoms. The van der Waals surface area contributed by atoms with Gasteiger partial charge in [0.05, 0.1) is 11.6 Å². The molecule has 0 spiro atoms. The van der Waals surface area contributed by atoms with Crippen molar-refractivity contribution in [3.63, 3.8) is 0 Å². The Morgan fingerprint density at radius 3 is 2.59 bits per heavy atom. The first-order valence-electron chi connectivity index (χ1n) is 9.72. The molecule has 2 heterocycles. The van der Waals surface area contributed by atoms with Gasteiger partial charge in [0.2, 0.25) is 5.91 Å². The molecule has 0 radical (unpaired) electrons. The predicted octanol–water partition coefficient (Wildman–Crippen LogP) is 3.25. The zero-order valence-electron chi connectivity index (χ0n) is 17.1. The molecule has 3 unspecified atom stereocenters. The van der Waals surface area contributed by atoms with Gasteiger partial charge in [-0.3, -0.25) is 9.59 Å². The molecule has 0 bridgehead atoms. The van der Waals surface area contributed by atoms with Crippen LogP contribution in [0.5, 0.6) is 0 Å². The number of rotatable bonds is 4. The van der Waals surface area contributed by atoms with Gasteiger partial charge >= 0.3 is 0 Å². The van der Waals surface area contributed by atoms with Crippen LogP contribution >= 0.6 is 0 Å². The number of hydrogen-bond acceptors (Lipinski definition) is 5. The van der Waals surface area contributed by atoms with Crippen LogP contribution < -0.4 is 15.5 Å². The molecular weight excluding hydrogens is 366 g/mol. The zero-order valence-corrected chi connectivity index (χ0v) is 17.1. The molecule has 0 saturated carbocycles. The predicted molar refractivity (Wildman–Crippen MR) is 112 cm³/mol. The van der Waals surface area contributed by atoms with Crippen molar-refractivity contribution in [3.05, 3.63) is 53.2 Å². The Kier molecular flexibility index (Phi) is 5.83. The second-order valence-electron chi connectivity index (χ2n) is 7.29. The van der Waals surface area contributed by atoms with E-state index in [1.165, 1.54) is 6.20 Å². The smallest absolute Gasteiger partial charge is 0.251 e. The largest absolute Gasteiger partial charge is 0.363 e. The van der Waals surface area contributed by atoms with E-state index >= 15 is 0 Å². The highest BCUT2D eigenvalue weighted by atomic mass is 16.2. The Labute approximate surface area is 170 Å². The topological polar surface area (TPSA) is 98.1 Å². The second-order valence-corrected chi connectivity index (χ2v) is 7.29. The number of nitrogens with zero attached hydrogens (tertiary/aromatic N) is 3. The van der Waals surface area contributed by atoms with Gasteiger partial charge in [-0.1, -0.05) is 6.92 Å². The van der Waals surface area contributed by atoms with Gasteiger partial charge in [-0.2, -0.15) is 5.26 Å². The fourth-order valence-electron chi connectivity index (χ4n) is 3.81. The van der Waals surface area contributed by atoms with E-state index in [-0.39, 0.29) is 29.8 Å². The second kappa shape index (κ2) is 8.31. The molecular formula is C22H25N5O2. The summed E-state index contributed by atoms with van der Waals surface area (Å²) in [6, 6.07) is 10.8. The van der Waals surface area contributed by atoms with Crippen molar-refractivity contribution < 1.29 is 9.59 Å². The van der Waals surface area contributed by atoms with Gasteiger partial charge in [0.1, 0.15) is 11.9 Å². The first-order chi connectivity index (χ1) is 13.9. The molecule has 2 N–H and O–H groups in total. The average molecular weight is 391 g/mol. The van der Waals surface area contributed by atoms with E-state index in [9.17, 15) is 9.59 Å². The SMILES string of the molecule is CCNC(=O)c1ccc2c(c1)C(Nc1ccc(C#N)cn1)C(C)C(C)N2C(C)=O. The first kappa shape index (κ1) is 20.3. The van der Waals surface area contributed by atoms with Crippen LogP contribution in [0, 0.1) is 17.2 Å². The van der Waals surface area contributed by atoms with Crippen LogP contribution in [0.25, 0.3) is 0 Å². The maximum atomic E-state index is 12.4. The van der Waals surface area contributed by atoms with E-state index in [4.69, 9.17) is 5.26 Å². The van der Waals surface area contributed by atoms with Gasteiger partial charge in [-0.15, -0.1) is 0 Å². The number of pyridine rings is 1. The molecule has 3 rings (SSSR count). The molecule has 7 heteroatoms. The molecule has 0 saturated heterocycles. The molecule has 0 aliphatic carbocycles. The van der Waals surface area contributed by atoms with Crippen molar-refractivity contribution in [2.45, 2.75) is 39.8 Å². The summed E-state index contributed by atoms with van der Waals surface area (Å²) in [7, 11) is 0. The first-order valence-corrected chi connectivity index (χ1v) is 9.72. The molecule has 3 atom stereocenters. The third kappa shape index (κ3) is 3.92. The maximum absolute atomic E-state index is 12.4. The summed E-state index contributed by atoms with van der Waals surface area (Å²) in [5.41, 5.74) is 2.71. The Balaban J connectivity index is 2.06. The lowest BCUT2D eigenvalue weighted by molar-refractivity contribution is -0.117. The van der Waals surface area contributed by atoms with Crippen LogP contribution in [0.15, 0.2) is 36.5 Å². The fourth-order valence-corrected chi connectivity index (χ4v) is 3.81. The van der Waals surface area contributed by atoms with Crippen LogP contribution in [0.1, 0.15) is 55.2 Å². The number of nitrogens with one attached hydrogen (secondary N) is 2. The van der Waals surface area contributed by atoms with Crippen molar-refractivity contribution >= 4 is 23.3 Å². The van der Waals surface area contributed by atoms with Crippen LogP contribution in [0.4, 0.5) is 11.5 Å². The summed E-state index contributed by atoms with van der Waals surface area (Å²) < 4.78 is 0. The lowest BCUT2D eigenvalue weighted by Gasteiger charge is -2.44. The van der Waals surface area contributed by atoms with Crippen LogP contribution in [0.3, 0.4) is 0 Å². The summed E-state index contributed by atoms with van der Waals surface area (Å²) in [5.74, 6) is 0.518. The van der Waals surface area contributed by atoms with Crippen LogP contribution in [-0.2, 0) is 4.79 Å². The minimum absolute atomic E-state index is 0.0358. The minimum Gasteiger partial charge on any atom is -0.363 e. The van der Waals surface area contributed by atoms with Crippen molar-refractivity contribution in [1.82, 2.24) is 10.3 Å². The average Bonchev–Trinajstić information content (AvgIpc) is 2.71. The van der Waals surface area contributed by atoms with Gasteiger partial charge in [-0.25, -0.2) is 4.98 Å². The number of carbonyl (C=O) groups is 2. The standard InChI is InChI=1S/C22H25N5O2/c1-5-24-22(29)17-7-8-19-18(10-17)21(13(2)14(3)27(19)15(4)28)26-20-9-6-16(11-23)12-25-20/h6-10,12-14,21H,5H2,1-4H3,(H,24,29)(H,25,26). The molecule has 1 aromatic heterocycles. The maximum Gasteiger partial charge on any atom is 0.251 e. The summed E-state index contributed by atoms with van der Waals surface area (Å²) in [6.45, 7) is 8.07. The number of hydrogen-bond donors (Lipinski definition) is 2. The molecule has 1 aliphatic rings.